The lowest BCUT2D eigenvalue weighted by molar-refractivity contribution is 0.0905. The van der Waals surface area contributed by atoms with Gasteiger partial charge in [0.15, 0.2) is 0 Å². The fraction of sp³-hybridized carbons (Fsp3) is 0.647. The molecule has 0 spiro atoms. The van der Waals surface area contributed by atoms with Gasteiger partial charge in [0.25, 0.3) is 0 Å². The van der Waals surface area contributed by atoms with Crippen molar-refractivity contribution >= 4 is 10.0 Å². The molecular weight excluding hydrogens is 326 g/mol. The maximum absolute atomic E-state index is 12.5. The Bertz CT molecular complexity index is 608. The van der Waals surface area contributed by atoms with E-state index in [2.05, 4.69) is 35.4 Å². The zero-order valence-corrected chi connectivity index (χ0v) is 15.8. The Balaban J connectivity index is 2.01. The highest BCUT2D eigenvalue weighted by Gasteiger charge is 2.26. The summed E-state index contributed by atoms with van der Waals surface area (Å²) in [6, 6.07) is 6.67. The lowest BCUT2D eigenvalue weighted by atomic mass is 10.0. The minimum absolute atomic E-state index is 0.201. The largest absolute Gasteiger partial charge is 0.497 e. The van der Waals surface area contributed by atoms with Gasteiger partial charge in [-0.15, -0.1) is 0 Å². The summed E-state index contributed by atoms with van der Waals surface area (Å²) < 4.78 is 32.9. The summed E-state index contributed by atoms with van der Waals surface area (Å²) in [7, 11) is 0.174. The first-order valence-corrected chi connectivity index (χ1v) is 9.88. The molecule has 0 bridgehead atoms. The third-order valence-corrected chi connectivity index (χ3v) is 6.07. The zero-order valence-electron chi connectivity index (χ0n) is 15.0. The first-order valence-electron chi connectivity index (χ1n) is 8.40. The monoisotopic (exact) mass is 355 g/mol. The van der Waals surface area contributed by atoms with E-state index in [1.54, 1.807) is 31.4 Å². The smallest absolute Gasteiger partial charge is 0.240 e. The SMILES string of the molecule is COc1ccc(S(=O)(=O)NCC(C(C)C)N2CCN(C)CC2)cc1. The van der Waals surface area contributed by atoms with Gasteiger partial charge in [0.1, 0.15) is 5.75 Å². The standard InChI is InChI=1S/C17H29N3O3S/c1-14(2)17(20-11-9-19(3)10-12-20)13-18-24(21,22)16-7-5-15(23-4)6-8-16/h5-8,14,17-18H,9-13H2,1-4H3. The molecule has 0 amide bonds. The number of nitrogens with zero attached hydrogens (tertiary/aromatic N) is 2. The van der Waals surface area contributed by atoms with Crippen molar-refractivity contribution in [3.05, 3.63) is 24.3 Å². The molecule has 1 unspecified atom stereocenters. The topological polar surface area (TPSA) is 61.9 Å². The molecule has 2 rings (SSSR count). The molecule has 1 saturated heterocycles. The minimum Gasteiger partial charge on any atom is -0.497 e. The number of ether oxygens (including phenoxy) is 1. The highest BCUT2D eigenvalue weighted by molar-refractivity contribution is 7.89. The Morgan fingerprint density at radius 3 is 2.21 bits per heavy atom. The van der Waals surface area contributed by atoms with Crippen molar-refractivity contribution in [2.45, 2.75) is 24.8 Å². The van der Waals surface area contributed by atoms with Crippen molar-refractivity contribution in [2.24, 2.45) is 5.92 Å². The number of methoxy groups -OCH3 is 1. The van der Waals surface area contributed by atoms with Crippen LogP contribution in [0.15, 0.2) is 29.2 Å². The number of hydrogen-bond acceptors (Lipinski definition) is 5. The molecule has 1 aliphatic heterocycles. The molecule has 1 aliphatic rings. The highest BCUT2D eigenvalue weighted by atomic mass is 32.2. The maximum atomic E-state index is 12.5. The summed E-state index contributed by atoms with van der Waals surface area (Å²) in [5.74, 6) is 1.03. The van der Waals surface area contributed by atoms with Crippen LogP contribution in [0.5, 0.6) is 5.75 Å². The number of rotatable bonds is 7. The van der Waals surface area contributed by atoms with Crippen molar-refractivity contribution in [1.29, 1.82) is 0 Å². The van der Waals surface area contributed by atoms with Crippen LogP contribution in [0.25, 0.3) is 0 Å². The minimum atomic E-state index is -3.51. The average Bonchev–Trinajstić information content (AvgIpc) is 2.56. The molecule has 1 N–H and O–H groups in total. The number of piperazine rings is 1. The third-order valence-electron chi connectivity index (χ3n) is 4.63. The van der Waals surface area contributed by atoms with Gasteiger partial charge in [-0.1, -0.05) is 13.8 Å². The predicted octanol–water partition coefficient (Wildman–Crippen LogP) is 1.25. The van der Waals surface area contributed by atoms with Gasteiger partial charge in [-0.05, 0) is 37.2 Å². The average molecular weight is 356 g/mol. The van der Waals surface area contributed by atoms with Crippen molar-refractivity contribution in [3.63, 3.8) is 0 Å². The lowest BCUT2D eigenvalue weighted by Gasteiger charge is -2.39. The normalized spacial score (nSPS) is 18.7. The molecule has 0 saturated carbocycles. The molecular formula is C17H29N3O3S. The number of sulfonamides is 1. The van der Waals surface area contributed by atoms with E-state index in [0.29, 0.717) is 18.2 Å². The molecule has 7 heteroatoms. The molecule has 0 aliphatic carbocycles. The number of hydrogen-bond donors (Lipinski definition) is 1. The van der Waals surface area contributed by atoms with Crippen LogP contribution in [0, 0.1) is 5.92 Å². The molecule has 24 heavy (non-hydrogen) atoms. The van der Waals surface area contributed by atoms with E-state index in [4.69, 9.17) is 4.74 Å². The second kappa shape index (κ2) is 8.29. The van der Waals surface area contributed by atoms with Crippen molar-refractivity contribution in [2.75, 3.05) is 46.9 Å². The van der Waals surface area contributed by atoms with Gasteiger partial charge in [0.05, 0.1) is 12.0 Å². The fourth-order valence-electron chi connectivity index (χ4n) is 2.97. The van der Waals surface area contributed by atoms with Crippen LogP contribution in [0.1, 0.15) is 13.8 Å². The van der Waals surface area contributed by atoms with Gasteiger partial charge >= 0.3 is 0 Å². The third kappa shape index (κ3) is 4.92. The second-order valence-corrected chi connectivity index (χ2v) is 8.44. The van der Waals surface area contributed by atoms with E-state index in [1.165, 1.54) is 0 Å². The van der Waals surface area contributed by atoms with Gasteiger partial charge in [-0.3, -0.25) is 4.90 Å². The number of nitrogens with one attached hydrogen (secondary N) is 1. The molecule has 1 aromatic carbocycles. The van der Waals surface area contributed by atoms with Gasteiger partial charge in [-0.25, -0.2) is 13.1 Å². The Hall–Kier alpha value is -1.15. The van der Waals surface area contributed by atoms with Crippen LogP contribution < -0.4 is 9.46 Å². The van der Waals surface area contributed by atoms with E-state index < -0.39 is 10.0 Å². The maximum Gasteiger partial charge on any atom is 0.240 e. The van der Waals surface area contributed by atoms with Crippen LogP contribution in [0.2, 0.25) is 0 Å². The molecule has 1 aromatic rings. The number of likely N-dealkylation sites (N-methyl/N-ethyl adjacent to an activating group) is 1. The second-order valence-electron chi connectivity index (χ2n) is 6.68. The summed E-state index contributed by atoms with van der Waals surface area (Å²) in [5.41, 5.74) is 0. The van der Waals surface area contributed by atoms with Crippen LogP contribution in [0.3, 0.4) is 0 Å². The molecule has 1 fully saturated rings. The van der Waals surface area contributed by atoms with E-state index in [-0.39, 0.29) is 10.9 Å². The van der Waals surface area contributed by atoms with Gasteiger partial charge in [0.2, 0.25) is 10.0 Å². The van der Waals surface area contributed by atoms with Crippen molar-refractivity contribution in [1.82, 2.24) is 14.5 Å². The van der Waals surface area contributed by atoms with Gasteiger partial charge in [0, 0.05) is 38.8 Å². The molecule has 0 radical (unpaired) electrons. The van der Waals surface area contributed by atoms with Gasteiger partial charge in [-0.2, -0.15) is 0 Å². The van der Waals surface area contributed by atoms with E-state index >= 15 is 0 Å². The van der Waals surface area contributed by atoms with Crippen molar-refractivity contribution < 1.29 is 13.2 Å². The molecule has 6 nitrogen and oxygen atoms in total. The molecule has 136 valence electrons. The van der Waals surface area contributed by atoms with E-state index in [0.717, 1.165) is 26.2 Å². The molecule has 1 atom stereocenters. The van der Waals surface area contributed by atoms with E-state index in [9.17, 15) is 8.42 Å². The van der Waals surface area contributed by atoms with Crippen LogP contribution >= 0.6 is 0 Å². The Labute approximate surface area is 145 Å². The highest BCUT2D eigenvalue weighted by Crippen LogP contribution is 2.17. The molecule has 0 aromatic heterocycles. The first-order chi connectivity index (χ1) is 11.3. The lowest BCUT2D eigenvalue weighted by Crippen LogP contribution is -2.54. The molecule has 1 heterocycles. The Kier molecular flexibility index (Phi) is 6.62. The number of benzene rings is 1. The van der Waals surface area contributed by atoms with Crippen LogP contribution in [0.4, 0.5) is 0 Å². The summed E-state index contributed by atoms with van der Waals surface area (Å²) in [6.07, 6.45) is 0. The Morgan fingerprint density at radius 2 is 1.71 bits per heavy atom. The van der Waals surface area contributed by atoms with Crippen LogP contribution in [-0.4, -0.2) is 71.1 Å². The summed E-state index contributed by atoms with van der Waals surface area (Å²) >= 11 is 0. The summed E-state index contributed by atoms with van der Waals surface area (Å²) in [6.45, 7) is 8.71. The first kappa shape index (κ1) is 19.2. The quantitative estimate of drug-likeness (QED) is 0.797. The zero-order chi connectivity index (χ0) is 17.7. The van der Waals surface area contributed by atoms with E-state index in [1.807, 2.05) is 0 Å². The summed E-state index contributed by atoms with van der Waals surface area (Å²) in [5, 5.41) is 0. The van der Waals surface area contributed by atoms with Gasteiger partial charge < -0.3 is 9.64 Å². The van der Waals surface area contributed by atoms with Crippen molar-refractivity contribution in [3.8, 4) is 5.75 Å². The Morgan fingerprint density at radius 1 is 1.12 bits per heavy atom. The predicted molar refractivity (Wildman–Crippen MR) is 95.9 cm³/mol. The van der Waals surface area contributed by atoms with Crippen LogP contribution in [-0.2, 0) is 10.0 Å². The summed E-state index contributed by atoms with van der Waals surface area (Å²) in [4.78, 5) is 4.96. The fourth-order valence-corrected chi connectivity index (χ4v) is 4.02.